The molecule has 2 heterocycles. The number of rotatable bonds is 4. The van der Waals surface area contributed by atoms with E-state index >= 15 is 4.39 Å². The Morgan fingerprint density at radius 2 is 2.04 bits per heavy atom. The summed E-state index contributed by atoms with van der Waals surface area (Å²) in [4.78, 5) is 17.1. The number of sulfone groups is 1. The molecule has 9 heteroatoms. The number of carbonyl (C=O) groups is 1. The molecule has 1 aromatic heterocycles. The SMILES string of the molecule is COc1ccc(S(=O)(=O)C(F)C2CCCCN2C(=O)OC(C)(C)C)cn1. The molecule has 0 spiro atoms. The van der Waals surface area contributed by atoms with E-state index in [1.54, 1.807) is 20.8 Å². The van der Waals surface area contributed by atoms with Crippen molar-refractivity contribution >= 4 is 15.9 Å². The van der Waals surface area contributed by atoms with Gasteiger partial charge in [-0.25, -0.2) is 22.6 Å². The van der Waals surface area contributed by atoms with Crippen molar-refractivity contribution in [1.82, 2.24) is 9.88 Å². The number of aromatic nitrogens is 1. The quantitative estimate of drug-likeness (QED) is 0.788. The zero-order valence-corrected chi connectivity index (χ0v) is 16.3. The van der Waals surface area contributed by atoms with Crippen molar-refractivity contribution in [3.63, 3.8) is 0 Å². The lowest BCUT2D eigenvalue weighted by Gasteiger charge is -2.37. The zero-order chi connectivity index (χ0) is 19.5. The van der Waals surface area contributed by atoms with E-state index in [2.05, 4.69) is 4.98 Å². The van der Waals surface area contributed by atoms with Gasteiger partial charge in [-0.15, -0.1) is 0 Å². The average molecular weight is 388 g/mol. The van der Waals surface area contributed by atoms with Crippen LogP contribution in [0.4, 0.5) is 9.18 Å². The molecule has 0 aromatic carbocycles. The van der Waals surface area contributed by atoms with Crippen molar-refractivity contribution in [1.29, 1.82) is 0 Å². The molecule has 1 saturated heterocycles. The summed E-state index contributed by atoms with van der Waals surface area (Å²) >= 11 is 0. The molecule has 1 aromatic rings. The molecule has 146 valence electrons. The molecule has 26 heavy (non-hydrogen) atoms. The fraction of sp³-hybridized carbons (Fsp3) is 0.647. The minimum Gasteiger partial charge on any atom is -0.481 e. The Labute approximate surface area is 153 Å². The minimum atomic E-state index is -4.31. The number of pyridine rings is 1. The second kappa shape index (κ2) is 7.77. The van der Waals surface area contributed by atoms with Crippen LogP contribution >= 0.6 is 0 Å². The Bertz CT molecular complexity index is 731. The smallest absolute Gasteiger partial charge is 0.410 e. The zero-order valence-electron chi connectivity index (χ0n) is 15.4. The molecule has 1 fully saturated rings. The Kier molecular flexibility index (Phi) is 6.10. The molecular weight excluding hydrogens is 363 g/mol. The molecule has 0 saturated carbocycles. The lowest BCUT2D eigenvalue weighted by Crippen LogP contribution is -2.52. The number of amides is 1. The van der Waals surface area contributed by atoms with Gasteiger partial charge in [-0.3, -0.25) is 0 Å². The minimum absolute atomic E-state index is 0.229. The maximum Gasteiger partial charge on any atom is 0.410 e. The maximum atomic E-state index is 15.1. The van der Waals surface area contributed by atoms with Gasteiger partial charge in [0.05, 0.1) is 18.0 Å². The Hall–Kier alpha value is -1.90. The first-order valence-electron chi connectivity index (χ1n) is 8.44. The summed E-state index contributed by atoms with van der Waals surface area (Å²) in [6.07, 6.45) is 1.92. The molecule has 7 nitrogen and oxygen atoms in total. The van der Waals surface area contributed by atoms with E-state index < -0.39 is 33.1 Å². The monoisotopic (exact) mass is 388 g/mol. The van der Waals surface area contributed by atoms with E-state index in [9.17, 15) is 13.2 Å². The number of nitrogens with zero attached hydrogens (tertiary/aromatic N) is 2. The Balaban J connectivity index is 2.25. The van der Waals surface area contributed by atoms with Gasteiger partial charge in [0.2, 0.25) is 21.2 Å². The van der Waals surface area contributed by atoms with Gasteiger partial charge in [0, 0.05) is 18.8 Å². The fourth-order valence-electron chi connectivity index (χ4n) is 2.77. The molecule has 2 atom stereocenters. The van der Waals surface area contributed by atoms with Gasteiger partial charge >= 0.3 is 6.09 Å². The van der Waals surface area contributed by atoms with Crippen LogP contribution in [0.3, 0.4) is 0 Å². The molecule has 0 N–H and O–H groups in total. The number of likely N-dealkylation sites (tertiary alicyclic amines) is 1. The molecule has 1 aliphatic rings. The van der Waals surface area contributed by atoms with Gasteiger partial charge in [-0.05, 0) is 46.1 Å². The normalized spacial score (nSPS) is 19.7. The number of methoxy groups -OCH3 is 1. The van der Waals surface area contributed by atoms with Gasteiger partial charge < -0.3 is 14.4 Å². The van der Waals surface area contributed by atoms with Gasteiger partial charge in [0.25, 0.3) is 0 Å². The van der Waals surface area contributed by atoms with E-state index in [-0.39, 0.29) is 23.7 Å². The van der Waals surface area contributed by atoms with Crippen LogP contribution in [0.5, 0.6) is 5.88 Å². The summed E-state index contributed by atoms with van der Waals surface area (Å²) in [7, 11) is -2.91. The summed E-state index contributed by atoms with van der Waals surface area (Å²) in [6.45, 7) is 5.38. The van der Waals surface area contributed by atoms with Crippen molar-refractivity contribution in [2.75, 3.05) is 13.7 Å². The van der Waals surface area contributed by atoms with Crippen molar-refractivity contribution in [3.05, 3.63) is 18.3 Å². The topological polar surface area (TPSA) is 85.8 Å². The Morgan fingerprint density at radius 3 is 2.58 bits per heavy atom. The summed E-state index contributed by atoms with van der Waals surface area (Å²) < 4.78 is 50.6. The number of piperidine rings is 1. The van der Waals surface area contributed by atoms with Gasteiger partial charge in [-0.2, -0.15) is 0 Å². The highest BCUT2D eigenvalue weighted by Crippen LogP contribution is 2.29. The molecule has 2 rings (SSSR count). The first-order chi connectivity index (χ1) is 12.1. The first kappa shape index (κ1) is 20.4. The van der Waals surface area contributed by atoms with E-state index in [1.165, 1.54) is 24.1 Å². The lowest BCUT2D eigenvalue weighted by atomic mass is 10.0. The van der Waals surface area contributed by atoms with E-state index in [4.69, 9.17) is 9.47 Å². The fourth-order valence-corrected chi connectivity index (χ4v) is 4.18. The van der Waals surface area contributed by atoms with Crippen molar-refractivity contribution < 1.29 is 27.1 Å². The number of alkyl halides is 1. The molecule has 0 radical (unpaired) electrons. The van der Waals surface area contributed by atoms with E-state index in [1.807, 2.05) is 0 Å². The molecular formula is C17H25FN2O5S. The Morgan fingerprint density at radius 1 is 1.35 bits per heavy atom. The van der Waals surface area contributed by atoms with Crippen LogP contribution in [0.15, 0.2) is 23.2 Å². The van der Waals surface area contributed by atoms with Crippen LogP contribution in [0.1, 0.15) is 40.0 Å². The third-order valence-electron chi connectivity index (χ3n) is 4.02. The lowest BCUT2D eigenvalue weighted by molar-refractivity contribution is 0.00405. The van der Waals surface area contributed by atoms with Crippen LogP contribution in [0, 0.1) is 0 Å². The number of ether oxygens (including phenoxy) is 2. The van der Waals surface area contributed by atoms with Crippen molar-refractivity contribution in [2.45, 2.75) is 62.1 Å². The number of hydrogen-bond acceptors (Lipinski definition) is 6. The van der Waals surface area contributed by atoms with Crippen molar-refractivity contribution in [3.8, 4) is 5.88 Å². The predicted octanol–water partition coefficient (Wildman–Crippen LogP) is 2.95. The highest BCUT2D eigenvalue weighted by molar-refractivity contribution is 7.92. The van der Waals surface area contributed by atoms with E-state index in [0.29, 0.717) is 12.8 Å². The first-order valence-corrected chi connectivity index (χ1v) is 9.98. The summed E-state index contributed by atoms with van der Waals surface area (Å²) in [5, 5.41) is 0. The largest absolute Gasteiger partial charge is 0.481 e. The van der Waals surface area contributed by atoms with E-state index in [0.717, 1.165) is 6.20 Å². The average Bonchev–Trinajstić information content (AvgIpc) is 2.59. The van der Waals surface area contributed by atoms with Crippen LogP contribution in [-0.4, -0.2) is 55.2 Å². The van der Waals surface area contributed by atoms with Gasteiger partial charge in [-0.1, -0.05) is 0 Å². The molecule has 0 bridgehead atoms. The second-order valence-corrected chi connectivity index (χ2v) is 9.18. The third-order valence-corrected chi connectivity index (χ3v) is 5.83. The summed E-state index contributed by atoms with van der Waals surface area (Å²) in [5.74, 6) is 0.229. The summed E-state index contributed by atoms with van der Waals surface area (Å²) in [5.41, 5.74) is -3.01. The third kappa shape index (κ3) is 4.63. The maximum absolute atomic E-state index is 15.1. The second-order valence-electron chi connectivity index (χ2n) is 7.17. The predicted molar refractivity (Wildman–Crippen MR) is 93.4 cm³/mol. The number of carbonyl (C=O) groups excluding carboxylic acids is 1. The highest BCUT2D eigenvalue weighted by atomic mass is 32.2. The van der Waals surface area contributed by atoms with Crippen LogP contribution in [0.2, 0.25) is 0 Å². The van der Waals surface area contributed by atoms with Crippen LogP contribution < -0.4 is 4.74 Å². The molecule has 1 amide bonds. The highest BCUT2D eigenvalue weighted by Gasteiger charge is 2.42. The number of halogens is 1. The van der Waals surface area contributed by atoms with Crippen LogP contribution in [0.25, 0.3) is 0 Å². The molecule has 1 aliphatic heterocycles. The van der Waals surface area contributed by atoms with Crippen LogP contribution in [-0.2, 0) is 14.6 Å². The molecule has 0 aliphatic carbocycles. The molecule has 2 unspecified atom stereocenters. The number of hydrogen-bond donors (Lipinski definition) is 0. The van der Waals surface area contributed by atoms with Gasteiger partial charge in [0.15, 0.2) is 0 Å². The van der Waals surface area contributed by atoms with Gasteiger partial charge in [0.1, 0.15) is 5.60 Å². The standard InChI is InChI=1S/C17H25FN2O5S/c1-17(2,3)25-16(21)20-10-6-5-7-13(20)15(18)26(22,23)12-8-9-14(24-4)19-11-12/h8-9,11,13,15H,5-7,10H2,1-4H3. The van der Waals surface area contributed by atoms with Crippen molar-refractivity contribution in [2.24, 2.45) is 0 Å². The summed E-state index contributed by atoms with van der Waals surface area (Å²) in [6, 6.07) is 1.51.